The van der Waals surface area contributed by atoms with Gasteiger partial charge < -0.3 is 10.1 Å². The number of hydrogen-bond acceptors (Lipinski definition) is 7. The number of aliphatic imine (C=N–C) groups is 2. The number of carbonyl (C=O) groups is 3. The minimum Gasteiger partial charge on any atom is -0.356 e. The normalized spacial score (nSPS) is 12.4. The van der Waals surface area contributed by atoms with Gasteiger partial charge in [0.05, 0.1) is 0 Å². The summed E-state index contributed by atoms with van der Waals surface area (Å²) in [6.07, 6.45) is 22.8. The number of unbranched alkanes of at least 4 members (excludes halogenated alkanes) is 1. The van der Waals surface area contributed by atoms with Crippen molar-refractivity contribution in [2.45, 2.75) is 103 Å². The number of carbonyl (C=O) groups excluding carboxylic acids is 3. The minimum absolute atomic E-state index is 0. The molecule has 0 saturated heterocycles. The van der Waals surface area contributed by atoms with Crippen LogP contribution in [0.25, 0.3) is 0 Å². The monoisotopic (exact) mass is 613 g/mol. The lowest BCUT2D eigenvalue weighted by atomic mass is 10.0. The summed E-state index contributed by atoms with van der Waals surface area (Å²) in [6.45, 7) is 15.8. The van der Waals surface area contributed by atoms with Gasteiger partial charge in [0.1, 0.15) is 6.29 Å². The van der Waals surface area contributed by atoms with Crippen molar-refractivity contribution in [3.63, 3.8) is 0 Å². The van der Waals surface area contributed by atoms with Crippen LogP contribution in [0.4, 0.5) is 0 Å². The second-order valence-electron chi connectivity index (χ2n) is 7.64. The molecule has 0 aromatic heterocycles. The van der Waals surface area contributed by atoms with Crippen LogP contribution in [-0.2, 0) is 14.4 Å². The van der Waals surface area contributed by atoms with Gasteiger partial charge in [0.15, 0.2) is 5.78 Å². The lowest BCUT2D eigenvalue weighted by molar-refractivity contribution is -0.120. The molecule has 0 aromatic carbocycles. The molecule has 0 spiro atoms. The van der Waals surface area contributed by atoms with Gasteiger partial charge in [0.25, 0.3) is 0 Å². The summed E-state index contributed by atoms with van der Waals surface area (Å²) in [6, 6.07) is 0. The Labute approximate surface area is 262 Å². The van der Waals surface area contributed by atoms with E-state index in [0.717, 1.165) is 49.8 Å². The molecule has 0 atom stereocenters. The molecule has 2 heterocycles. The highest BCUT2D eigenvalue weighted by Gasteiger charge is 2.03. The average molecular weight is 614 g/mol. The van der Waals surface area contributed by atoms with Crippen molar-refractivity contribution in [1.82, 2.24) is 5.32 Å². The lowest BCUT2D eigenvalue weighted by Crippen LogP contribution is -2.22. The van der Waals surface area contributed by atoms with E-state index in [-0.39, 0.29) is 41.4 Å². The van der Waals surface area contributed by atoms with E-state index in [1.54, 1.807) is 33.7 Å². The lowest BCUT2D eigenvalue weighted by Gasteiger charge is -2.00. The first-order chi connectivity index (χ1) is 17.6. The Balaban J connectivity index is -0.0000000685. The van der Waals surface area contributed by atoms with Crippen molar-refractivity contribution < 1.29 is 14.4 Å². The van der Waals surface area contributed by atoms with Crippen LogP contribution in [0.2, 0.25) is 0 Å². The van der Waals surface area contributed by atoms with Crippen LogP contribution in [-0.4, -0.2) is 49.5 Å². The predicted octanol–water partition coefficient (Wildman–Crippen LogP) is 10.0. The summed E-state index contributed by atoms with van der Waals surface area (Å²) in [7, 11) is 3.55. The Morgan fingerprint density at radius 3 is 1.85 bits per heavy atom. The summed E-state index contributed by atoms with van der Waals surface area (Å²) >= 11 is 0. The van der Waals surface area contributed by atoms with Gasteiger partial charge in [-0.1, -0.05) is 96.4 Å². The number of allylic oxidation sites excluding steroid dienone is 8. The van der Waals surface area contributed by atoms with Gasteiger partial charge in [-0.15, -0.1) is 0 Å². The van der Waals surface area contributed by atoms with E-state index in [0.29, 0.717) is 12.0 Å². The number of amides is 1. The highest BCUT2D eigenvalue weighted by atomic mass is 33.1. The van der Waals surface area contributed by atoms with E-state index in [9.17, 15) is 9.59 Å². The fraction of sp³-hybridized carbons (Fsp3) is 0.545. The third-order valence-electron chi connectivity index (χ3n) is 4.19. The standard InChI is InChI=1S/C8H8O.C7H15NO.2C5H7N.C2H4O.C2H6S2.4CH4/c1-6-3-4-7(2)8(9)5-6;1-3-5-6-8-7(9)4-2;1-5-2-3-6-4-5;1-5-3-2-4-6-5;1-2-3;1-3-4-2;;;;/h3-5H,2H2,1H3;3-6H2,1-2H3,(H,8,9);2*3-4H,2H2,1H3;2H,1H3;1-2H3;4*1H4. The van der Waals surface area contributed by atoms with Gasteiger partial charge in [-0.25, -0.2) is 0 Å². The minimum atomic E-state index is 0. The zero-order chi connectivity index (χ0) is 28.9. The largest absolute Gasteiger partial charge is 0.356 e. The fourth-order valence-electron chi connectivity index (χ4n) is 2.09. The quantitative estimate of drug-likeness (QED) is 0.144. The summed E-state index contributed by atoms with van der Waals surface area (Å²) < 4.78 is 0. The van der Waals surface area contributed by atoms with Crippen molar-refractivity contribution in [3.8, 4) is 0 Å². The van der Waals surface area contributed by atoms with Crippen LogP contribution in [0, 0.1) is 0 Å². The highest BCUT2D eigenvalue weighted by Crippen LogP contribution is 2.09. The third kappa shape index (κ3) is 44.8. The van der Waals surface area contributed by atoms with Crippen LogP contribution in [0.15, 0.2) is 69.5 Å². The first kappa shape index (κ1) is 54.6. The average Bonchev–Trinajstić information content (AvgIpc) is 3.57. The molecule has 0 radical (unpaired) electrons. The van der Waals surface area contributed by atoms with E-state index in [1.165, 1.54) is 12.5 Å². The number of rotatable bonds is 5. The summed E-state index contributed by atoms with van der Waals surface area (Å²) in [4.78, 5) is 38.0. The molecular formula is C33H63N3O3S2. The number of aldehydes is 1. The molecule has 0 saturated carbocycles. The molecule has 1 amide bonds. The second kappa shape index (κ2) is 42.0. The molecule has 0 unspecified atom stereocenters. The van der Waals surface area contributed by atoms with Gasteiger partial charge in [-0.05, 0) is 63.8 Å². The summed E-state index contributed by atoms with van der Waals surface area (Å²) in [5.41, 5.74) is 4.07. The van der Waals surface area contributed by atoms with Crippen LogP contribution in [0.5, 0.6) is 0 Å². The molecule has 2 aliphatic heterocycles. The predicted molar refractivity (Wildman–Crippen MR) is 195 cm³/mol. The van der Waals surface area contributed by atoms with Gasteiger partial charge in [-0.3, -0.25) is 19.6 Å². The van der Waals surface area contributed by atoms with Crippen LogP contribution in [0.3, 0.4) is 0 Å². The van der Waals surface area contributed by atoms with Crippen molar-refractivity contribution in [2.75, 3.05) is 19.1 Å². The number of nitrogens with zero attached hydrogens (tertiary/aromatic N) is 2. The zero-order valence-electron chi connectivity index (χ0n) is 24.0. The van der Waals surface area contributed by atoms with E-state index in [1.807, 2.05) is 45.5 Å². The van der Waals surface area contributed by atoms with Crippen LogP contribution >= 0.6 is 21.6 Å². The molecular weight excluding hydrogens is 551 g/mol. The Morgan fingerprint density at radius 2 is 1.61 bits per heavy atom. The second-order valence-corrected chi connectivity index (χ2v) is 10.3. The van der Waals surface area contributed by atoms with Crippen molar-refractivity contribution in [1.29, 1.82) is 0 Å². The first-order valence-electron chi connectivity index (χ1n) is 12.3. The maximum Gasteiger partial charge on any atom is 0.219 e. The summed E-state index contributed by atoms with van der Waals surface area (Å²) in [5.74, 6) is 0.179. The number of hydrogen-bond donors (Lipinski definition) is 1. The Bertz CT molecular complexity index is 836. The van der Waals surface area contributed by atoms with E-state index < -0.39 is 0 Å². The maximum absolute atomic E-state index is 10.8. The van der Waals surface area contributed by atoms with Gasteiger partial charge in [0, 0.05) is 55.7 Å². The molecule has 1 aliphatic carbocycles. The van der Waals surface area contributed by atoms with E-state index in [2.05, 4.69) is 54.3 Å². The van der Waals surface area contributed by atoms with Gasteiger partial charge in [-0.2, -0.15) is 0 Å². The molecule has 1 N–H and O–H groups in total. The molecule has 3 aliphatic rings. The molecule has 0 bridgehead atoms. The van der Waals surface area contributed by atoms with Crippen molar-refractivity contribution >= 4 is 52.0 Å². The Morgan fingerprint density at radius 1 is 1.05 bits per heavy atom. The van der Waals surface area contributed by atoms with Crippen LogP contribution < -0.4 is 5.32 Å². The Hall–Kier alpha value is -2.45. The van der Waals surface area contributed by atoms with Crippen molar-refractivity contribution in [2.24, 2.45) is 9.98 Å². The molecule has 240 valence electrons. The van der Waals surface area contributed by atoms with E-state index in [4.69, 9.17) is 4.79 Å². The maximum atomic E-state index is 10.8. The molecule has 41 heavy (non-hydrogen) atoms. The topological polar surface area (TPSA) is 88.0 Å². The van der Waals surface area contributed by atoms with Crippen LogP contribution in [0.1, 0.15) is 103 Å². The number of nitrogens with one attached hydrogen (secondary N) is 1. The molecule has 3 rings (SSSR count). The molecule has 0 fully saturated rings. The SMILES string of the molecule is C.C.C.C.C=C1C=CC(C)=CC1=O.CC1=CCC=N1.CC1=CN=CC1.CC=O.CCCCNC(=O)CC.CSSC. The smallest absolute Gasteiger partial charge is 0.219 e. The fourth-order valence-corrected chi connectivity index (χ4v) is 2.09. The third-order valence-corrected chi connectivity index (χ3v) is 5.52. The molecule has 8 heteroatoms. The first-order valence-corrected chi connectivity index (χ1v) is 15.3. The molecule has 0 aromatic rings. The number of ketones is 1. The van der Waals surface area contributed by atoms with Gasteiger partial charge in [0.2, 0.25) is 5.91 Å². The van der Waals surface area contributed by atoms with E-state index >= 15 is 0 Å². The van der Waals surface area contributed by atoms with Crippen molar-refractivity contribution in [3.05, 3.63) is 59.5 Å². The highest BCUT2D eigenvalue weighted by molar-refractivity contribution is 8.76. The molecule has 6 nitrogen and oxygen atoms in total. The summed E-state index contributed by atoms with van der Waals surface area (Å²) in [5, 5.41) is 2.79. The zero-order valence-corrected chi connectivity index (χ0v) is 25.6. The Kier molecular flexibility index (Phi) is 56.0. The van der Waals surface area contributed by atoms with Gasteiger partial charge >= 0.3 is 0 Å².